The van der Waals surface area contributed by atoms with E-state index in [2.05, 4.69) is 5.32 Å². The molecule has 0 aliphatic rings. The van der Waals surface area contributed by atoms with Crippen molar-refractivity contribution in [3.05, 3.63) is 91.9 Å². The standard InChI is InChI=1S/C25H19Cl3N2O3/c1-15-20(27)4-3-5-22(15)30-25(31)18(13-29)10-17-11-21(28)24(23(12-17)32-2)33-14-16-6-8-19(26)9-7-16/h3-12H,14H2,1-2H3,(H,30,31)/b18-10-. The van der Waals surface area contributed by atoms with Gasteiger partial charge in [-0.15, -0.1) is 0 Å². The zero-order valence-electron chi connectivity index (χ0n) is 17.8. The van der Waals surface area contributed by atoms with Crippen LogP contribution < -0.4 is 14.8 Å². The molecular weight excluding hydrogens is 483 g/mol. The molecule has 0 heterocycles. The zero-order chi connectivity index (χ0) is 24.0. The first kappa shape index (κ1) is 24.5. The summed E-state index contributed by atoms with van der Waals surface area (Å²) in [6.07, 6.45) is 1.42. The van der Waals surface area contributed by atoms with Gasteiger partial charge in [0, 0.05) is 15.7 Å². The molecule has 33 heavy (non-hydrogen) atoms. The molecule has 5 nitrogen and oxygen atoms in total. The Labute approximate surface area is 207 Å². The normalized spacial score (nSPS) is 11.0. The van der Waals surface area contributed by atoms with Gasteiger partial charge in [-0.1, -0.05) is 53.0 Å². The van der Waals surface area contributed by atoms with Crippen molar-refractivity contribution >= 4 is 52.5 Å². The van der Waals surface area contributed by atoms with Gasteiger partial charge in [0.1, 0.15) is 18.2 Å². The van der Waals surface area contributed by atoms with Gasteiger partial charge in [-0.25, -0.2) is 0 Å². The molecule has 1 amide bonds. The predicted molar refractivity (Wildman–Crippen MR) is 132 cm³/mol. The summed E-state index contributed by atoms with van der Waals surface area (Å²) < 4.78 is 11.3. The van der Waals surface area contributed by atoms with Crippen LogP contribution in [0.25, 0.3) is 6.08 Å². The second-order valence-electron chi connectivity index (χ2n) is 6.99. The smallest absolute Gasteiger partial charge is 0.266 e. The van der Waals surface area contributed by atoms with Gasteiger partial charge >= 0.3 is 0 Å². The Morgan fingerprint density at radius 1 is 1.09 bits per heavy atom. The number of hydrogen-bond acceptors (Lipinski definition) is 4. The summed E-state index contributed by atoms with van der Waals surface area (Å²) in [5.74, 6) is 0.149. The van der Waals surface area contributed by atoms with Crippen LogP contribution in [0.4, 0.5) is 5.69 Å². The van der Waals surface area contributed by atoms with Crippen LogP contribution in [0.15, 0.2) is 60.2 Å². The number of amides is 1. The minimum absolute atomic E-state index is 0.109. The van der Waals surface area contributed by atoms with Crippen LogP contribution in [0, 0.1) is 18.3 Å². The highest BCUT2D eigenvalue weighted by Crippen LogP contribution is 2.37. The van der Waals surface area contributed by atoms with Crippen LogP contribution in [0.1, 0.15) is 16.7 Å². The fourth-order valence-corrected chi connectivity index (χ4v) is 3.52. The van der Waals surface area contributed by atoms with Gasteiger partial charge < -0.3 is 14.8 Å². The summed E-state index contributed by atoms with van der Waals surface area (Å²) in [5.41, 5.74) is 2.53. The van der Waals surface area contributed by atoms with Crippen LogP contribution in [0.5, 0.6) is 11.5 Å². The maximum absolute atomic E-state index is 12.7. The third kappa shape index (κ3) is 6.21. The molecule has 0 saturated heterocycles. The number of carbonyl (C=O) groups excluding carboxylic acids is 1. The number of hydrogen-bond donors (Lipinski definition) is 1. The number of anilines is 1. The number of nitriles is 1. The molecule has 0 spiro atoms. The third-order valence-corrected chi connectivity index (χ3v) is 5.68. The molecule has 3 rings (SSSR count). The summed E-state index contributed by atoms with van der Waals surface area (Å²) in [5, 5.41) is 13.7. The van der Waals surface area contributed by atoms with Crippen LogP contribution in [0.3, 0.4) is 0 Å². The molecular formula is C25H19Cl3N2O3. The number of rotatable bonds is 7. The lowest BCUT2D eigenvalue weighted by atomic mass is 10.1. The fourth-order valence-electron chi connectivity index (χ4n) is 2.95. The van der Waals surface area contributed by atoms with Crippen LogP contribution in [-0.4, -0.2) is 13.0 Å². The molecule has 0 unspecified atom stereocenters. The molecule has 0 fully saturated rings. The van der Waals surface area contributed by atoms with E-state index in [-0.39, 0.29) is 17.2 Å². The Hall–Kier alpha value is -3.17. The van der Waals surface area contributed by atoms with Gasteiger partial charge in [0.25, 0.3) is 5.91 Å². The first-order valence-electron chi connectivity index (χ1n) is 9.75. The highest BCUT2D eigenvalue weighted by Gasteiger charge is 2.15. The van der Waals surface area contributed by atoms with E-state index in [1.54, 1.807) is 49.4 Å². The largest absolute Gasteiger partial charge is 0.493 e. The van der Waals surface area contributed by atoms with Crippen LogP contribution in [0.2, 0.25) is 15.1 Å². The van der Waals surface area contributed by atoms with E-state index in [0.717, 1.165) is 5.56 Å². The van der Waals surface area contributed by atoms with E-state index in [0.29, 0.717) is 38.4 Å². The molecule has 8 heteroatoms. The van der Waals surface area contributed by atoms with E-state index < -0.39 is 5.91 Å². The second-order valence-corrected chi connectivity index (χ2v) is 8.24. The van der Waals surface area contributed by atoms with Crippen molar-refractivity contribution in [1.29, 1.82) is 5.26 Å². The second kappa shape index (κ2) is 11.1. The molecule has 0 aliphatic carbocycles. The first-order chi connectivity index (χ1) is 15.8. The van der Waals surface area contributed by atoms with Crippen molar-refractivity contribution < 1.29 is 14.3 Å². The van der Waals surface area contributed by atoms with E-state index >= 15 is 0 Å². The number of ether oxygens (including phenoxy) is 2. The molecule has 3 aromatic rings. The minimum atomic E-state index is -0.568. The monoisotopic (exact) mass is 500 g/mol. The average Bonchev–Trinajstić information content (AvgIpc) is 2.80. The summed E-state index contributed by atoms with van der Waals surface area (Å²) in [4.78, 5) is 12.7. The molecule has 1 N–H and O–H groups in total. The van der Waals surface area contributed by atoms with Gasteiger partial charge in [0.05, 0.1) is 12.1 Å². The van der Waals surface area contributed by atoms with Crippen molar-refractivity contribution in [3.8, 4) is 17.6 Å². The molecule has 3 aromatic carbocycles. The number of halogens is 3. The maximum Gasteiger partial charge on any atom is 0.266 e. The zero-order valence-corrected chi connectivity index (χ0v) is 20.1. The van der Waals surface area contributed by atoms with Crippen LogP contribution in [-0.2, 0) is 11.4 Å². The summed E-state index contributed by atoms with van der Waals surface area (Å²) in [7, 11) is 1.48. The van der Waals surface area contributed by atoms with Gasteiger partial charge in [0.2, 0.25) is 0 Å². The summed E-state index contributed by atoms with van der Waals surface area (Å²) in [6.45, 7) is 2.04. The number of nitrogens with one attached hydrogen (secondary N) is 1. The van der Waals surface area contributed by atoms with Gasteiger partial charge in [0.15, 0.2) is 11.5 Å². The Bertz CT molecular complexity index is 1250. The lowest BCUT2D eigenvalue weighted by molar-refractivity contribution is -0.112. The van der Waals surface area contributed by atoms with Crippen molar-refractivity contribution in [2.45, 2.75) is 13.5 Å². The van der Waals surface area contributed by atoms with Crippen molar-refractivity contribution in [1.82, 2.24) is 0 Å². The van der Waals surface area contributed by atoms with E-state index in [4.69, 9.17) is 44.3 Å². The van der Waals surface area contributed by atoms with Gasteiger partial charge in [-0.3, -0.25) is 4.79 Å². The van der Waals surface area contributed by atoms with Crippen molar-refractivity contribution in [3.63, 3.8) is 0 Å². The molecule has 0 aliphatic heterocycles. The topological polar surface area (TPSA) is 71.3 Å². The Morgan fingerprint density at radius 3 is 2.48 bits per heavy atom. The molecule has 0 saturated carbocycles. The van der Waals surface area contributed by atoms with E-state index in [1.165, 1.54) is 13.2 Å². The molecule has 168 valence electrons. The summed E-state index contributed by atoms with van der Waals surface area (Å²) in [6, 6.07) is 17.5. The van der Waals surface area contributed by atoms with Gasteiger partial charge in [-0.05, 0) is 66.1 Å². The Morgan fingerprint density at radius 2 is 1.82 bits per heavy atom. The number of methoxy groups -OCH3 is 1. The lowest BCUT2D eigenvalue weighted by Gasteiger charge is -2.14. The molecule has 0 aromatic heterocycles. The highest BCUT2D eigenvalue weighted by molar-refractivity contribution is 6.32. The number of benzene rings is 3. The average molecular weight is 502 g/mol. The first-order valence-corrected chi connectivity index (χ1v) is 10.9. The van der Waals surface area contributed by atoms with Crippen molar-refractivity contribution in [2.24, 2.45) is 0 Å². The highest BCUT2D eigenvalue weighted by atomic mass is 35.5. The predicted octanol–water partition coefficient (Wildman–Crippen LogP) is 7.09. The maximum atomic E-state index is 12.7. The lowest BCUT2D eigenvalue weighted by Crippen LogP contribution is -2.14. The Kier molecular flexibility index (Phi) is 8.24. The summed E-state index contributed by atoms with van der Waals surface area (Å²) >= 11 is 18.4. The van der Waals surface area contributed by atoms with E-state index in [1.807, 2.05) is 18.2 Å². The van der Waals surface area contributed by atoms with Crippen molar-refractivity contribution in [2.75, 3.05) is 12.4 Å². The molecule has 0 bridgehead atoms. The minimum Gasteiger partial charge on any atom is -0.493 e. The number of carbonyl (C=O) groups is 1. The third-order valence-electron chi connectivity index (χ3n) is 4.74. The van der Waals surface area contributed by atoms with E-state index in [9.17, 15) is 10.1 Å². The van der Waals surface area contributed by atoms with Gasteiger partial charge in [-0.2, -0.15) is 5.26 Å². The Balaban J connectivity index is 1.83. The molecule has 0 radical (unpaired) electrons. The fraction of sp³-hybridized carbons (Fsp3) is 0.120. The SMILES string of the molecule is COc1cc(/C=C(/C#N)C(=O)Nc2cccc(Cl)c2C)cc(Cl)c1OCc1ccc(Cl)cc1. The molecule has 0 atom stereocenters. The van der Waals surface area contributed by atoms with Crippen LogP contribution >= 0.6 is 34.8 Å². The number of nitrogens with zero attached hydrogens (tertiary/aromatic N) is 1. The quantitative estimate of drug-likeness (QED) is 0.277.